The molecule has 0 fully saturated rings. The first kappa shape index (κ1) is 15.5. The van der Waals surface area contributed by atoms with Crippen LogP contribution in [-0.4, -0.2) is 14.5 Å². The van der Waals surface area contributed by atoms with E-state index in [1.807, 2.05) is 91.0 Å². The number of pyridine rings is 1. The van der Waals surface area contributed by atoms with E-state index in [9.17, 15) is 4.79 Å². The molecule has 0 atom stereocenters. The molecule has 5 rings (SSSR count). The average molecular weight is 349 g/mol. The number of nitrogens with zero attached hydrogens (tertiary/aromatic N) is 3. The molecule has 5 aromatic rings. The Balaban J connectivity index is 1.93. The fourth-order valence-corrected chi connectivity index (χ4v) is 3.34. The van der Waals surface area contributed by atoms with Crippen LogP contribution in [0.1, 0.15) is 0 Å². The van der Waals surface area contributed by atoms with Crippen molar-refractivity contribution >= 4 is 22.1 Å². The molecule has 0 radical (unpaired) electrons. The summed E-state index contributed by atoms with van der Waals surface area (Å²) in [6, 6.07) is 29.1. The molecule has 4 nitrogen and oxygen atoms in total. The van der Waals surface area contributed by atoms with Crippen LogP contribution in [0.2, 0.25) is 0 Å². The van der Waals surface area contributed by atoms with Crippen molar-refractivity contribution in [3.63, 3.8) is 0 Å². The molecule has 0 aliphatic heterocycles. The Kier molecular flexibility index (Phi) is 3.54. The average Bonchev–Trinajstić information content (AvgIpc) is 2.74. The molecule has 27 heavy (non-hydrogen) atoms. The van der Waals surface area contributed by atoms with Crippen LogP contribution in [0.5, 0.6) is 0 Å². The monoisotopic (exact) mass is 349 g/mol. The quantitative estimate of drug-likeness (QED) is 0.438. The molecule has 2 heterocycles. The van der Waals surface area contributed by atoms with Gasteiger partial charge in [-0.1, -0.05) is 60.7 Å². The summed E-state index contributed by atoms with van der Waals surface area (Å²) in [5.41, 5.74) is 4.85. The van der Waals surface area contributed by atoms with Crippen molar-refractivity contribution < 1.29 is 0 Å². The van der Waals surface area contributed by atoms with Crippen molar-refractivity contribution in [1.29, 1.82) is 0 Å². The first-order valence-electron chi connectivity index (χ1n) is 8.75. The predicted molar refractivity (Wildman–Crippen MR) is 108 cm³/mol. The second kappa shape index (κ2) is 6.18. The summed E-state index contributed by atoms with van der Waals surface area (Å²) >= 11 is 0. The largest absolute Gasteiger partial charge is 0.283 e. The molecule has 0 spiro atoms. The second-order valence-corrected chi connectivity index (χ2v) is 6.32. The van der Waals surface area contributed by atoms with Crippen molar-refractivity contribution in [2.45, 2.75) is 0 Å². The highest BCUT2D eigenvalue weighted by Gasteiger charge is 2.15. The van der Waals surface area contributed by atoms with Crippen LogP contribution in [0, 0.1) is 0 Å². The zero-order chi connectivity index (χ0) is 18.2. The predicted octanol–water partition coefficient (Wildman–Crippen LogP) is 4.60. The fraction of sp³-hybridized carbons (Fsp3) is 0. The van der Waals surface area contributed by atoms with Gasteiger partial charge in [0.1, 0.15) is 0 Å². The molecule has 0 amide bonds. The molecule has 3 aromatic carbocycles. The smallest absolute Gasteiger partial charge is 0.275 e. The van der Waals surface area contributed by atoms with E-state index in [0.717, 1.165) is 22.5 Å². The third-order valence-corrected chi connectivity index (χ3v) is 4.60. The summed E-state index contributed by atoms with van der Waals surface area (Å²) in [5, 5.41) is 0. The van der Waals surface area contributed by atoms with Crippen molar-refractivity contribution in [2.24, 2.45) is 0 Å². The van der Waals surface area contributed by atoms with E-state index >= 15 is 0 Å². The van der Waals surface area contributed by atoms with Gasteiger partial charge in [-0.25, -0.2) is 9.97 Å². The highest BCUT2D eigenvalue weighted by Crippen LogP contribution is 2.24. The van der Waals surface area contributed by atoms with E-state index in [1.54, 1.807) is 4.57 Å². The van der Waals surface area contributed by atoms with Crippen LogP contribution >= 0.6 is 0 Å². The van der Waals surface area contributed by atoms with E-state index in [4.69, 9.17) is 0 Å². The Morgan fingerprint density at radius 2 is 1.22 bits per heavy atom. The number of hydrogen-bond donors (Lipinski definition) is 0. The number of aromatic nitrogens is 3. The van der Waals surface area contributed by atoms with Gasteiger partial charge in [0.15, 0.2) is 5.52 Å². The Morgan fingerprint density at radius 1 is 0.630 bits per heavy atom. The number of rotatable bonds is 2. The molecular weight excluding hydrogens is 334 g/mol. The van der Waals surface area contributed by atoms with Crippen LogP contribution in [0.3, 0.4) is 0 Å². The number of hydrogen-bond acceptors (Lipinski definition) is 3. The molecule has 0 aliphatic rings. The lowest BCUT2D eigenvalue weighted by Crippen LogP contribution is -2.21. The highest BCUT2D eigenvalue weighted by atomic mass is 16.1. The van der Waals surface area contributed by atoms with E-state index in [0.29, 0.717) is 16.6 Å². The maximum atomic E-state index is 13.4. The minimum absolute atomic E-state index is 0.171. The summed E-state index contributed by atoms with van der Waals surface area (Å²) in [5.74, 6) is 0. The van der Waals surface area contributed by atoms with Crippen LogP contribution in [-0.2, 0) is 0 Å². The number of benzene rings is 3. The van der Waals surface area contributed by atoms with Gasteiger partial charge in [-0.3, -0.25) is 9.36 Å². The molecule has 2 aromatic heterocycles. The van der Waals surface area contributed by atoms with E-state index in [-0.39, 0.29) is 5.56 Å². The van der Waals surface area contributed by atoms with Crippen LogP contribution in [0.15, 0.2) is 95.8 Å². The summed E-state index contributed by atoms with van der Waals surface area (Å²) in [6.07, 6.45) is 0. The molecule has 0 unspecified atom stereocenters. The highest BCUT2D eigenvalue weighted by molar-refractivity contribution is 5.88. The van der Waals surface area contributed by atoms with Crippen LogP contribution in [0.4, 0.5) is 0 Å². The molecule has 4 heteroatoms. The van der Waals surface area contributed by atoms with Crippen molar-refractivity contribution in [3.05, 3.63) is 101 Å². The van der Waals surface area contributed by atoms with Crippen LogP contribution in [0.25, 0.3) is 39.0 Å². The Labute approximate surface area is 155 Å². The Bertz CT molecular complexity index is 1330. The van der Waals surface area contributed by atoms with Crippen molar-refractivity contribution in [1.82, 2.24) is 14.5 Å². The Hall–Kier alpha value is -3.79. The van der Waals surface area contributed by atoms with Crippen LogP contribution < -0.4 is 5.56 Å². The van der Waals surface area contributed by atoms with Gasteiger partial charge in [0.05, 0.1) is 22.2 Å². The van der Waals surface area contributed by atoms with Gasteiger partial charge in [-0.15, -0.1) is 0 Å². The molecule has 0 bridgehead atoms. The normalized spacial score (nSPS) is 11.1. The topological polar surface area (TPSA) is 47.8 Å². The van der Waals surface area contributed by atoms with Gasteiger partial charge in [-0.2, -0.15) is 0 Å². The second-order valence-electron chi connectivity index (χ2n) is 6.32. The summed E-state index contributed by atoms with van der Waals surface area (Å²) in [6.45, 7) is 0. The van der Waals surface area contributed by atoms with Gasteiger partial charge in [0, 0.05) is 5.69 Å². The maximum Gasteiger partial charge on any atom is 0.283 e. The SMILES string of the molecule is O=c1c2nc3ccccc3nc2cc(-c2ccccc2)n1-c1ccccc1. The van der Waals surface area contributed by atoms with Crippen molar-refractivity contribution in [3.8, 4) is 16.9 Å². The standard InChI is InChI=1S/C23H15N3O/c27-23-22-20(24-18-13-7-8-14-19(18)25-22)15-21(16-9-3-1-4-10-16)26(23)17-11-5-2-6-12-17/h1-15H. The zero-order valence-electron chi connectivity index (χ0n) is 14.4. The summed E-state index contributed by atoms with van der Waals surface area (Å²) in [7, 11) is 0. The van der Waals surface area contributed by atoms with Gasteiger partial charge in [0.25, 0.3) is 5.56 Å². The molecule has 0 saturated carbocycles. The van der Waals surface area contributed by atoms with Gasteiger partial charge in [-0.05, 0) is 35.9 Å². The molecule has 0 saturated heterocycles. The summed E-state index contributed by atoms with van der Waals surface area (Å²) in [4.78, 5) is 22.7. The first-order valence-corrected chi connectivity index (χ1v) is 8.75. The third kappa shape index (κ3) is 2.59. The lowest BCUT2D eigenvalue weighted by Gasteiger charge is -2.14. The van der Waals surface area contributed by atoms with Crippen molar-refractivity contribution in [2.75, 3.05) is 0 Å². The number of para-hydroxylation sites is 3. The van der Waals surface area contributed by atoms with E-state index in [1.165, 1.54) is 0 Å². The lowest BCUT2D eigenvalue weighted by molar-refractivity contribution is 1.01. The maximum absolute atomic E-state index is 13.4. The third-order valence-electron chi connectivity index (χ3n) is 4.60. The van der Waals surface area contributed by atoms with Gasteiger partial charge in [0.2, 0.25) is 0 Å². The Morgan fingerprint density at radius 3 is 1.93 bits per heavy atom. The minimum atomic E-state index is -0.171. The van der Waals surface area contributed by atoms with E-state index in [2.05, 4.69) is 9.97 Å². The fourth-order valence-electron chi connectivity index (χ4n) is 3.34. The molecule has 0 N–H and O–H groups in total. The van der Waals surface area contributed by atoms with E-state index < -0.39 is 0 Å². The lowest BCUT2D eigenvalue weighted by atomic mass is 10.1. The number of fused-ring (bicyclic) bond motifs is 2. The van der Waals surface area contributed by atoms with Gasteiger partial charge < -0.3 is 0 Å². The first-order chi connectivity index (χ1) is 13.3. The molecule has 0 aliphatic carbocycles. The summed E-state index contributed by atoms with van der Waals surface area (Å²) < 4.78 is 1.71. The minimum Gasteiger partial charge on any atom is -0.275 e. The molecular formula is C23H15N3O. The zero-order valence-corrected chi connectivity index (χ0v) is 14.4. The van der Waals surface area contributed by atoms with Gasteiger partial charge >= 0.3 is 0 Å². The molecule has 128 valence electrons.